The van der Waals surface area contributed by atoms with Crippen molar-refractivity contribution in [2.24, 2.45) is 5.92 Å². The highest BCUT2D eigenvalue weighted by atomic mass is 16.2. The topological polar surface area (TPSA) is 58.2 Å². The van der Waals surface area contributed by atoms with Crippen LogP contribution in [0.4, 0.5) is 0 Å². The fraction of sp³-hybridized carbons (Fsp3) is 0.833. The van der Waals surface area contributed by atoms with Crippen molar-refractivity contribution in [2.45, 2.75) is 46.5 Å². The lowest BCUT2D eigenvalue weighted by Gasteiger charge is -2.07. The molecule has 0 unspecified atom stereocenters. The fourth-order valence-electron chi connectivity index (χ4n) is 1.27. The zero-order valence-corrected chi connectivity index (χ0v) is 10.6. The minimum absolute atomic E-state index is 0.00684. The van der Waals surface area contributed by atoms with Crippen molar-refractivity contribution in [1.82, 2.24) is 10.6 Å². The Balaban J connectivity index is 3.35. The van der Waals surface area contributed by atoms with Gasteiger partial charge in [0.05, 0.1) is 0 Å². The van der Waals surface area contributed by atoms with Gasteiger partial charge in [0, 0.05) is 25.9 Å². The summed E-state index contributed by atoms with van der Waals surface area (Å²) >= 11 is 0. The Hall–Kier alpha value is -1.06. The van der Waals surface area contributed by atoms with Crippen LogP contribution in [-0.2, 0) is 9.59 Å². The van der Waals surface area contributed by atoms with Gasteiger partial charge >= 0.3 is 0 Å². The quantitative estimate of drug-likeness (QED) is 0.618. The molecule has 0 heterocycles. The minimum atomic E-state index is -0.00684. The molecule has 0 aromatic carbocycles. The highest BCUT2D eigenvalue weighted by molar-refractivity contribution is 5.78. The van der Waals surface area contributed by atoms with E-state index in [-0.39, 0.29) is 11.8 Å². The average molecular weight is 228 g/mol. The molecular weight excluding hydrogens is 204 g/mol. The fourth-order valence-corrected chi connectivity index (χ4v) is 1.27. The van der Waals surface area contributed by atoms with Crippen LogP contribution in [-0.4, -0.2) is 24.9 Å². The molecule has 4 heteroatoms. The predicted octanol–water partition coefficient (Wildman–Crippen LogP) is 1.46. The molecule has 0 atom stereocenters. The molecular formula is C12H24N2O2. The molecule has 0 aliphatic heterocycles. The highest BCUT2D eigenvalue weighted by Crippen LogP contribution is 2.01. The minimum Gasteiger partial charge on any atom is -0.356 e. The van der Waals surface area contributed by atoms with Crippen LogP contribution in [0.5, 0.6) is 0 Å². The van der Waals surface area contributed by atoms with Crippen molar-refractivity contribution < 1.29 is 9.59 Å². The lowest BCUT2D eigenvalue weighted by Crippen LogP contribution is -2.30. The van der Waals surface area contributed by atoms with Gasteiger partial charge in [0.15, 0.2) is 0 Å². The van der Waals surface area contributed by atoms with E-state index in [0.29, 0.717) is 25.3 Å². The first-order valence-electron chi connectivity index (χ1n) is 6.09. The molecule has 2 N–H and O–H groups in total. The maximum Gasteiger partial charge on any atom is 0.221 e. The highest BCUT2D eigenvalue weighted by Gasteiger charge is 2.02. The number of carbonyl (C=O) groups is 2. The molecule has 0 fully saturated rings. The summed E-state index contributed by atoms with van der Waals surface area (Å²) in [6.07, 6.45) is 2.99. The van der Waals surface area contributed by atoms with Gasteiger partial charge in [-0.1, -0.05) is 20.8 Å². The molecule has 94 valence electrons. The van der Waals surface area contributed by atoms with E-state index in [1.165, 1.54) is 0 Å². The number of carbonyl (C=O) groups excluding carboxylic acids is 2. The summed E-state index contributed by atoms with van der Waals surface area (Å²) in [5.74, 6) is 0.688. The van der Waals surface area contributed by atoms with E-state index in [1.54, 1.807) is 6.92 Å². The molecule has 0 aromatic rings. The Morgan fingerprint density at radius 2 is 1.69 bits per heavy atom. The Morgan fingerprint density at radius 1 is 1.06 bits per heavy atom. The van der Waals surface area contributed by atoms with E-state index in [9.17, 15) is 9.59 Å². The number of rotatable bonds is 8. The van der Waals surface area contributed by atoms with Crippen LogP contribution < -0.4 is 10.6 Å². The summed E-state index contributed by atoms with van der Waals surface area (Å²) in [7, 11) is 0. The maximum atomic E-state index is 11.3. The first-order chi connectivity index (χ1) is 7.56. The molecule has 0 aliphatic rings. The van der Waals surface area contributed by atoms with Crippen molar-refractivity contribution in [3.05, 3.63) is 0 Å². The van der Waals surface area contributed by atoms with Crippen molar-refractivity contribution in [1.29, 1.82) is 0 Å². The second-order valence-corrected chi connectivity index (χ2v) is 4.34. The normalized spacial score (nSPS) is 10.2. The van der Waals surface area contributed by atoms with Gasteiger partial charge in [-0.3, -0.25) is 9.59 Å². The van der Waals surface area contributed by atoms with E-state index in [2.05, 4.69) is 24.5 Å². The van der Waals surface area contributed by atoms with E-state index < -0.39 is 0 Å². The molecule has 0 aromatic heterocycles. The molecule has 16 heavy (non-hydrogen) atoms. The summed E-state index contributed by atoms with van der Waals surface area (Å²) in [4.78, 5) is 22.2. The summed E-state index contributed by atoms with van der Waals surface area (Å²) in [6.45, 7) is 7.30. The number of amides is 2. The van der Waals surface area contributed by atoms with Gasteiger partial charge in [-0.05, 0) is 18.8 Å². The zero-order chi connectivity index (χ0) is 12.4. The first-order valence-corrected chi connectivity index (χ1v) is 6.09. The Labute approximate surface area is 98.2 Å². The van der Waals surface area contributed by atoms with Crippen LogP contribution in [0, 0.1) is 5.92 Å². The van der Waals surface area contributed by atoms with E-state index in [1.807, 2.05) is 0 Å². The molecule has 0 saturated carbocycles. The molecule has 0 spiro atoms. The molecule has 0 radical (unpaired) electrons. The largest absolute Gasteiger partial charge is 0.356 e. The number of nitrogens with one attached hydrogen (secondary N) is 2. The van der Waals surface area contributed by atoms with Gasteiger partial charge in [-0.15, -0.1) is 0 Å². The average Bonchev–Trinajstić information content (AvgIpc) is 2.24. The van der Waals surface area contributed by atoms with Gasteiger partial charge in [0.2, 0.25) is 11.8 Å². The zero-order valence-electron chi connectivity index (χ0n) is 10.6. The number of hydrogen-bond donors (Lipinski definition) is 2. The Kier molecular flexibility index (Phi) is 8.58. The number of hydrogen-bond acceptors (Lipinski definition) is 2. The van der Waals surface area contributed by atoms with Crippen LogP contribution in [0.1, 0.15) is 46.5 Å². The lowest BCUT2D eigenvalue weighted by atomic mass is 10.1. The smallest absolute Gasteiger partial charge is 0.221 e. The third-order valence-corrected chi connectivity index (χ3v) is 2.28. The van der Waals surface area contributed by atoms with E-state index >= 15 is 0 Å². The van der Waals surface area contributed by atoms with E-state index in [0.717, 1.165) is 19.4 Å². The third-order valence-electron chi connectivity index (χ3n) is 2.28. The summed E-state index contributed by atoms with van der Waals surface area (Å²) in [5, 5.41) is 5.51. The third kappa shape index (κ3) is 9.49. The Morgan fingerprint density at radius 3 is 2.25 bits per heavy atom. The summed E-state index contributed by atoms with van der Waals surface area (Å²) in [5.41, 5.74) is 0. The van der Waals surface area contributed by atoms with Gasteiger partial charge in [-0.2, -0.15) is 0 Å². The monoisotopic (exact) mass is 228 g/mol. The van der Waals surface area contributed by atoms with Crippen LogP contribution in [0.25, 0.3) is 0 Å². The SMILES string of the molecule is CCC(=O)NCCC(=O)NCCCC(C)C. The van der Waals surface area contributed by atoms with Crippen molar-refractivity contribution in [2.75, 3.05) is 13.1 Å². The second kappa shape index (κ2) is 9.19. The Bertz CT molecular complexity index is 215. The first kappa shape index (κ1) is 14.9. The van der Waals surface area contributed by atoms with Crippen molar-refractivity contribution in [3.63, 3.8) is 0 Å². The lowest BCUT2D eigenvalue weighted by molar-refractivity contribution is -0.122. The predicted molar refractivity (Wildman–Crippen MR) is 65.0 cm³/mol. The molecule has 2 amide bonds. The van der Waals surface area contributed by atoms with Gasteiger partial charge in [0.25, 0.3) is 0 Å². The van der Waals surface area contributed by atoms with Crippen LogP contribution in [0.15, 0.2) is 0 Å². The molecule has 0 rings (SSSR count). The molecule has 4 nitrogen and oxygen atoms in total. The standard InChI is InChI=1S/C12H24N2O2/c1-4-11(15)14-9-7-12(16)13-8-5-6-10(2)3/h10H,4-9H2,1-3H3,(H,13,16)(H,14,15). The van der Waals surface area contributed by atoms with Crippen LogP contribution in [0.2, 0.25) is 0 Å². The van der Waals surface area contributed by atoms with Gasteiger partial charge < -0.3 is 10.6 Å². The van der Waals surface area contributed by atoms with Crippen molar-refractivity contribution in [3.8, 4) is 0 Å². The van der Waals surface area contributed by atoms with Gasteiger partial charge in [-0.25, -0.2) is 0 Å². The second-order valence-electron chi connectivity index (χ2n) is 4.34. The molecule has 0 saturated heterocycles. The maximum absolute atomic E-state index is 11.3. The molecule has 0 aliphatic carbocycles. The van der Waals surface area contributed by atoms with Gasteiger partial charge in [0.1, 0.15) is 0 Å². The summed E-state index contributed by atoms with van der Waals surface area (Å²) < 4.78 is 0. The van der Waals surface area contributed by atoms with Crippen LogP contribution >= 0.6 is 0 Å². The van der Waals surface area contributed by atoms with Crippen molar-refractivity contribution >= 4 is 11.8 Å². The molecule has 0 bridgehead atoms. The summed E-state index contributed by atoms with van der Waals surface area (Å²) in [6, 6.07) is 0. The van der Waals surface area contributed by atoms with Crippen LogP contribution in [0.3, 0.4) is 0 Å². The van der Waals surface area contributed by atoms with E-state index in [4.69, 9.17) is 0 Å².